The van der Waals surface area contributed by atoms with E-state index in [1.54, 1.807) is 7.05 Å². The zero-order chi connectivity index (χ0) is 13.4. The van der Waals surface area contributed by atoms with E-state index in [9.17, 15) is 9.50 Å². The second-order valence-corrected chi connectivity index (χ2v) is 4.52. The summed E-state index contributed by atoms with van der Waals surface area (Å²) in [7, 11) is 3.00. The first kappa shape index (κ1) is 12.7. The van der Waals surface area contributed by atoms with Gasteiger partial charge in [0.1, 0.15) is 5.82 Å². The molecule has 0 spiro atoms. The second kappa shape index (κ2) is 4.49. The Hall–Kier alpha value is -1.76. The van der Waals surface area contributed by atoms with Crippen LogP contribution in [0, 0.1) is 5.82 Å². The van der Waals surface area contributed by atoms with Gasteiger partial charge in [-0.1, -0.05) is 0 Å². The van der Waals surface area contributed by atoms with Crippen LogP contribution < -0.4 is 10.5 Å². The minimum absolute atomic E-state index is 0.0737. The number of phenols is 1. The molecule has 1 heterocycles. The van der Waals surface area contributed by atoms with Crippen molar-refractivity contribution in [1.29, 1.82) is 0 Å². The number of nitrogens with zero attached hydrogens (tertiary/aromatic N) is 2. The lowest BCUT2D eigenvalue weighted by Gasteiger charge is -2.11. The maximum atomic E-state index is 13.9. The van der Waals surface area contributed by atoms with E-state index in [1.807, 2.05) is 0 Å². The van der Waals surface area contributed by atoms with Crippen molar-refractivity contribution in [2.24, 2.45) is 7.05 Å². The molecular formula is C11H11BrFN3O2. The number of ether oxygens (including phenoxy) is 1. The Morgan fingerprint density at radius 3 is 2.67 bits per heavy atom. The van der Waals surface area contributed by atoms with Crippen LogP contribution in [-0.4, -0.2) is 22.0 Å². The fraction of sp³-hybridized carbons (Fsp3) is 0.182. The van der Waals surface area contributed by atoms with Crippen molar-refractivity contribution in [3.05, 3.63) is 22.6 Å². The lowest BCUT2D eigenvalue weighted by atomic mass is 10.1. The predicted molar refractivity (Wildman–Crippen MR) is 68.9 cm³/mol. The van der Waals surface area contributed by atoms with Crippen LogP contribution in [-0.2, 0) is 7.05 Å². The molecule has 0 fully saturated rings. The summed E-state index contributed by atoms with van der Waals surface area (Å²) >= 11 is 3.08. The van der Waals surface area contributed by atoms with Gasteiger partial charge in [0.2, 0.25) is 5.82 Å². The van der Waals surface area contributed by atoms with Gasteiger partial charge in [-0.15, -0.1) is 0 Å². The summed E-state index contributed by atoms with van der Waals surface area (Å²) in [6.07, 6.45) is 1.51. The van der Waals surface area contributed by atoms with Crippen LogP contribution in [0.2, 0.25) is 0 Å². The van der Waals surface area contributed by atoms with Crippen molar-refractivity contribution in [3.8, 4) is 22.6 Å². The van der Waals surface area contributed by atoms with Crippen LogP contribution in [0.1, 0.15) is 0 Å². The van der Waals surface area contributed by atoms with E-state index in [0.29, 0.717) is 16.9 Å². The van der Waals surface area contributed by atoms with E-state index in [0.717, 1.165) is 0 Å². The molecule has 0 aliphatic heterocycles. The molecule has 0 aliphatic carbocycles. The van der Waals surface area contributed by atoms with Crippen molar-refractivity contribution in [3.63, 3.8) is 0 Å². The van der Waals surface area contributed by atoms with Crippen molar-refractivity contribution in [2.45, 2.75) is 0 Å². The lowest BCUT2D eigenvalue weighted by molar-refractivity contribution is 0.364. The summed E-state index contributed by atoms with van der Waals surface area (Å²) in [5.74, 6) is -1.04. The van der Waals surface area contributed by atoms with Gasteiger partial charge in [0.15, 0.2) is 11.5 Å². The molecule has 2 rings (SSSR count). The van der Waals surface area contributed by atoms with Gasteiger partial charge in [0.25, 0.3) is 0 Å². The van der Waals surface area contributed by atoms with Crippen LogP contribution >= 0.6 is 15.9 Å². The van der Waals surface area contributed by atoms with Crippen molar-refractivity contribution in [2.75, 3.05) is 12.8 Å². The summed E-state index contributed by atoms with van der Waals surface area (Å²) in [5.41, 5.74) is 6.80. The highest BCUT2D eigenvalue weighted by Gasteiger charge is 2.21. The zero-order valence-electron chi connectivity index (χ0n) is 9.74. The molecule has 0 bridgehead atoms. The maximum Gasteiger partial charge on any atom is 0.208 e. The fourth-order valence-electron chi connectivity index (χ4n) is 1.65. The summed E-state index contributed by atoms with van der Waals surface area (Å²) in [5, 5.41) is 13.5. The van der Waals surface area contributed by atoms with Crippen LogP contribution in [0.4, 0.5) is 10.2 Å². The molecule has 5 nitrogen and oxygen atoms in total. The summed E-state index contributed by atoms with van der Waals surface area (Å²) in [6, 6.07) is 1.53. The standard InChI is InChI=1S/C11H11BrFN3O2/c1-16-11(14)6(4-15-16)5-3-7(12)9(17)8(13)10(5)18-2/h3-4,17H,14H2,1-2H3. The van der Waals surface area contributed by atoms with Gasteiger partial charge in [-0.3, -0.25) is 4.68 Å². The van der Waals surface area contributed by atoms with Gasteiger partial charge in [0, 0.05) is 18.2 Å². The number of aryl methyl sites for hydroxylation is 1. The van der Waals surface area contributed by atoms with Gasteiger partial charge in [-0.25, -0.2) is 0 Å². The van der Waals surface area contributed by atoms with E-state index in [4.69, 9.17) is 10.5 Å². The number of benzene rings is 1. The third-order valence-corrected chi connectivity index (χ3v) is 3.23. The molecule has 0 atom stereocenters. The number of rotatable bonds is 2. The van der Waals surface area contributed by atoms with E-state index in [-0.39, 0.29) is 10.2 Å². The molecular weight excluding hydrogens is 305 g/mol. The van der Waals surface area contributed by atoms with Gasteiger partial charge in [0.05, 0.1) is 17.8 Å². The molecule has 3 N–H and O–H groups in total. The molecule has 0 amide bonds. The van der Waals surface area contributed by atoms with Crippen LogP contribution in [0.25, 0.3) is 11.1 Å². The molecule has 7 heteroatoms. The molecule has 1 aromatic heterocycles. The minimum atomic E-state index is -0.842. The minimum Gasteiger partial charge on any atom is -0.504 e. The number of methoxy groups -OCH3 is 1. The number of hydrogen-bond acceptors (Lipinski definition) is 4. The summed E-state index contributed by atoms with van der Waals surface area (Å²) in [4.78, 5) is 0. The highest BCUT2D eigenvalue weighted by atomic mass is 79.9. The number of aromatic hydroxyl groups is 1. The van der Waals surface area contributed by atoms with E-state index in [2.05, 4.69) is 21.0 Å². The van der Waals surface area contributed by atoms with Crippen LogP contribution in [0.15, 0.2) is 16.7 Å². The lowest BCUT2D eigenvalue weighted by Crippen LogP contribution is -1.99. The molecule has 0 saturated carbocycles. The average Bonchev–Trinajstić information content (AvgIpc) is 2.67. The molecule has 0 radical (unpaired) electrons. The number of phenolic OH excluding ortho intramolecular Hbond substituents is 1. The van der Waals surface area contributed by atoms with Crippen molar-refractivity contribution < 1.29 is 14.2 Å². The highest BCUT2D eigenvalue weighted by Crippen LogP contribution is 2.42. The molecule has 0 saturated heterocycles. The number of halogens is 2. The predicted octanol–water partition coefficient (Wildman–Crippen LogP) is 2.29. The second-order valence-electron chi connectivity index (χ2n) is 3.67. The first-order chi connectivity index (χ1) is 8.47. The Bertz CT molecular complexity index is 613. The number of hydrogen-bond donors (Lipinski definition) is 2. The SMILES string of the molecule is COc1c(-c2cnn(C)c2N)cc(Br)c(O)c1F. The normalized spacial score (nSPS) is 10.7. The topological polar surface area (TPSA) is 73.3 Å². The van der Waals surface area contributed by atoms with Gasteiger partial charge >= 0.3 is 0 Å². The van der Waals surface area contributed by atoms with Gasteiger partial charge < -0.3 is 15.6 Å². The molecule has 2 aromatic rings. The van der Waals surface area contributed by atoms with Gasteiger partial charge in [-0.2, -0.15) is 9.49 Å². The third kappa shape index (κ3) is 1.80. The Morgan fingerprint density at radius 1 is 1.50 bits per heavy atom. The molecule has 18 heavy (non-hydrogen) atoms. The number of aromatic nitrogens is 2. The Balaban J connectivity index is 2.75. The zero-order valence-corrected chi connectivity index (χ0v) is 11.3. The first-order valence-corrected chi connectivity index (χ1v) is 5.79. The number of anilines is 1. The number of nitrogens with two attached hydrogens (primary N) is 1. The van der Waals surface area contributed by atoms with E-state index >= 15 is 0 Å². The van der Waals surface area contributed by atoms with E-state index < -0.39 is 11.6 Å². The molecule has 0 aliphatic rings. The Morgan fingerprint density at radius 2 is 2.17 bits per heavy atom. The number of nitrogen functional groups attached to an aromatic ring is 1. The first-order valence-electron chi connectivity index (χ1n) is 5.00. The van der Waals surface area contributed by atoms with E-state index in [1.165, 1.54) is 24.1 Å². The monoisotopic (exact) mass is 315 g/mol. The average molecular weight is 316 g/mol. The Kier molecular flexibility index (Phi) is 3.16. The highest BCUT2D eigenvalue weighted by molar-refractivity contribution is 9.10. The van der Waals surface area contributed by atoms with Crippen LogP contribution in [0.5, 0.6) is 11.5 Å². The van der Waals surface area contributed by atoms with Crippen LogP contribution in [0.3, 0.4) is 0 Å². The van der Waals surface area contributed by atoms with Gasteiger partial charge in [-0.05, 0) is 22.0 Å². The molecule has 0 unspecified atom stereocenters. The Labute approximate surface area is 111 Å². The third-order valence-electron chi connectivity index (χ3n) is 2.63. The van der Waals surface area contributed by atoms with Crippen molar-refractivity contribution in [1.82, 2.24) is 9.78 Å². The maximum absolute atomic E-state index is 13.9. The molecule has 96 valence electrons. The summed E-state index contributed by atoms with van der Waals surface area (Å²) in [6.45, 7) is 0. The van der Waals surface area contributed by atoms with Crippen molar-refractivity contribution >= 4 is 21.7 Å². The summed E-state index contributed by atoms with van der Waals surface area (Å²) < 4.78 is 20.5. The quantitative estimate of drug-likeness (QED) is 0.891. The fourth-order valence-corrected chi connectivity index (χ4v) is 2.05. The molecule has 1 aromatic carbocycles. The largest absolute Gasteiger partial charge is 0.504 e. The smallest absolute Gasteiger partial charge is 0.208 e.